The van der Waals surface area contributed by atoms with Gasteiger partial charge in [-0.2, -0.15) is 0 Å². The number of benzene rings is 1. The largest absolute Gasteiger partial charge is 0.383 e. The average molecular weight is 281 g/mol. The van der Waals surface area contributed by atoms with Crippen LogP contribution in [0.3, 0.4) is 0 Å². The Morgan fingerprint density at radius 2 is 2.19 bits per heavy atom. The van der Waals surface area contributed by atoms with Gasteiger partial charge in [-0.3, -0.25) is 4.79 Å². The summed E-state index contributed by atoms with van der Waals surface area (Å²) in [6.07, 6.45) is 1.85. The smallest absolute Gasteiger partial charge is 0.253 e. The van der Waals surface area contributed by atoms with E-state index < -0.39 is 0 Å². The molecule has 0 bridgehead atoms. The van der Waals surface area contributed by atoms with Crippen molar-refractivity contribution in [1.29, 1.82) is 0 Å². The molecule has 0 atom stereocenters. The van der Waals surface area contributed by atoms with Gasteiger partial charge in [-0.05, 0) is 23.3 Å². The number of nitrogens with zero attached hydrogens (tertiary/aromatic N) is 1. The number of hydrogen-bond acceptors (Lipinski definition) is 2. The summed E-state index contributed by atoms with van der Waals surface area (Å²) < 4.78 is 0.991. The quantitative estimate of drug-likeness (QED) is 0.798. The summed E-state index contributed by atoms with van der Waals surface area (Å²) >= 11 is 3.43. The van der Waals surface area contributed by atoms with Crippen molar-refractivity contribution < 1.29 is 4.79 Å². The molecule has 1 N–H and O–H groups in total. The van der Waals surface area contributed by atoms with E-state index in [0.717, 1.165) is 15.6 Å². The average Bonchev–Trinajstić information content (AvgIpc) is 2.22. The van der Waals surface area contributed by atoms with Crippen molar-refractivity contribution in [3.05, 3.63) is 40.0 Å². The van der Waals surface area contributed by atoms with Crippen molar-refractivity contribution in [3.63, 3.8) is 0 Å². The number of amides is 1. The molecule has 0 saturated carbocycles. The number of halogens is 1. The Kier molecular flexibility index (Phi) is 3.01. The van der Waals surface area contributed by atoms with E-state index in [0.29, 0.717) is 12.1 Å². The van der Waals surface area contributed by atoms with Crippen molar-refractivity contribution in [2.24, 2.45) is 0 Å². The summed E-state index contributed by atoms with van der Waals surface area (Å²) in [5, 5.41) is 2.86. The van der Waals surface area contributed by atoms with Gasteiger partial charge in [0.15, 0.2) is 0 Å². The van der Waals surface area contributed by atoms with E-state index in [1.807, 2.05) is 43.4 Å². The van der Waals surface area contributed by atoms with E-state index >= 15 is 0 Å². The van der Waals surface area contributed by atoms with Gasteiger partial charge in [0.2, 0.25) is 0 Å². The highest BCUT2D eigenvalue weighted by molar-refractivity contribution is 9.10. The minimum absolute atomic E-state index is 0.0145. The molecule has 1 aromatic carbocycles. The molecule has 0 aliphatic carbocycles. The van der Waals surface area contributed by atoms with Crippen LogP contribution >= 0.6 is 15.9 Å². The summed E-state index contributed by atoms with van der Waals surface area (Å²) in [6, 6.07) is 6.01. The van der Waals surface area contributed by atoms with E-state index in [1.54, 1.807) is 0 Å². The van der Waals surface area contributed by atoms with Gasteiger partial charge in [-0.1, -0.05) is 22.0 Å². The first-order valence-electron chi connectivity index (χ1n) is 5.03. The molecule has 3 nitrogen and oxygen atoms in total. The van der Waals surface area contributed by atoms with Crippen LogP contribution in [0.25, 0.3) is 5.57 Å². The second kappa shape index (κ2) is 4.29. The molecule has 0 spiro atoms. The van der Waals surface area contributed by atoms with Crippen molar-refractivity contribution in [1.82, 2.24) is 10.2 Å². The molecule has 16 heavy (non-hydrogen) atoms. The zero-order chi connectivity index (χ0) is 11.7. The third-order valence-corrected chi connectivity index (χ3v) is 2.93. The molecule has 0 fully saturated rings. The Labute approximate surface area is 103 Å². The molecule has 0 saturated heterocycles. The molecular weight excluding hydrogens is 268 g/mol. The Balaban J connectivity index is 2.55. The van der Waals surface area contributed by atoms with Gasteiger partial charge < -0.3 is 10.2 Å². The summed E-state index contributed by atoms with van der Waals surface area (Å²) in [6.45, 7) is 0.603. The van der Waals surface area contributed by atoms with Gasteiger partial charge in [0, 0.05) is 31.3 Å². The molecule has 1 heterocycles. The van der Waals surface area contributed by atoms with E-state index in [4.69, 9.17) is 0 Å². The lowest BCUT2D eigenvalue weighted by Crippen LogP contribution is -2.30. The molecule has 4 heteroatoms. The molecule has 2 rings (SSSR count). The first-order chi connectivity index (χ1) is 7.58. The van der Waals surface area contributed by atoms with Crippen molar-refractivity contribution in [3.8, 4) is 0 Å². The standard InChI is InChI=1S/C12H13BrN2O/c1-15(2)7-11-10-5-9(13)4-3-8(10)6-14-12(11)16/h3-5,7H,6H2,1-2H3,(H,14,16)/b11-7-. The zero-order valence-corrected chi connectivity index (χ0v) is 10.8. The number of nitrogens with one attached hydrogen (secondary N) is 1. The van der Waals surface area contributed by atoms with Crippen LogP contribution in [0, 0.1) is 0 Å². The minimum atomic E-state index is -0.0145. The van der Waals surface area contributed by atoms with Crippen LogP contribution in [0.4, 0.5) is 0 Å². The number of carbonyl (C=O) groups excluding carboxylic acids is 1. The van der Waals surface area contributed by atoms with E-state index in [1.165, 1.54) is 0 Å². The second-order valence-corrected chi connectivity index (χ2v) is 4.91. The minimum Gasteiger partial charge on any atom is -0.383 e. The fraction of sp³-hybridized carbons (Fsp3) is 0.250. The highest BCUT2D eigenvalue weighted by Crippen LogP contribution is 2.27. The Hall–Kier alpha value is -1.29. The molecular formula is C12H13BrN2O. The van der Waals surface area contributed by atoms with Crippen molar-refractivity contribution in [2.75, 3.05) is 14.1 Å². The lowest BCUT2D eigenvalue weighted by Gasteiger charge is -2.21. The summed E-state index contributed by atoms with van der Waals surface area (Å²) in [4.78, 5) is 13.7. The normalized spacial score (nSPS) is 16.9. The van der Waals surface area contributed by atoms with Crippen LogP contribution in [0.2, 0.25) is 0 Å². The third kappa shape index (κ3) is 2.11. The van der Waals surface area contributed by atoms with Crippen LogP contribution in [0.1, 0.15) is 11.1 Å². The Morgan fingerprint density at radius 1 is 1.44 bits per heavy atom. The van der Waals surface area contributed by atoms with Gasteiger partial charge in [0.25, 0.3) is 5.91 Å². The van der Waals surface area contributed by atoms with Crippen LogP contribution in [0.5, 0.6) is 0 Å². The van der Waals surface area contributed by atoms with Crippen LogP contribution in [0.15, 0.2) is 28.9 Å². The maximum Gasteiger partial charge on any atom is 0.253 e. The van der Waals surface area contributed by atoms with Gasteiger partial charge in [-0.15, -0.1) is 0 Å². The maximum absolute atomic E-state index is 11.8. The molecule has 0 unspecified atom stereocenters. The first kappa shape index (κ1) is 11.2. The molecule has 84 valence electrons. The number of hydrogen-bond donors (Lipinski definition) is 1. The van der Waals surface area contributed by atoms with Gasteiger partial charge in [-0.25, -0.2) is 0 Å². The number of fused-ring (bicyclic) bond motifs is 1. The molecule has 1 amide bonds. The molecule has 0 radical (unpaired) electrons. The van der Waals surface area contributed by atoms with Crippen LogP contribution in [-0.4, -0.2) is 24.9 Å². The summed E-state index contributed by atoms with van der Waals surface area (Å²) in [7, 11) is 3.82. The van der Waals surface area contributed by atoms with Crippen LogP contribution in [-0.2, 0) is 11.3 Å². The SMILES string of the molecule is CN(C)/C=C1\C(=O)NCc2ccc(Br)cc21. The fourth-order valence-corrected chi connectivity index (χ4v) is 2.09. The molecule has 0 aromatic heterocycles. The van der Waals surface area contributed by atoms with Gasteiger partial charge in [0.05, 0.1) is 5.57 Å². The fourth-order valence-electron chi connectivity index (χ4n) is 1.73. The van der Waals surface area contributed by atoms with E-state index in [2.05, 4.69) is 21.2 Å². The van der Waals surface area contributed by atoms with Crippen molar-refractivity contribution >= 4 is 27.4 Å². The number of carbonyl (C=O) groups is 1. The second-order valence-electron chi connectivity index (χ2n) is 3.99. The lowest BCUT2D eigenvalue weighted by molar-refractivity contribution is -0.116. The highest BCUT2D eigenvalue weighted by Gasteiger charge is 2.21. The maximum atomic E-state index is 11.8. The predicted molar refractivity (Wildman–Crippen MR) is 67.7 cm³/mol. The van der Waals surface area contributed by atoms with Crippen LogP contribution < -0.4 is 5.32 Å². The zero-order valence-electron chi connectivity index (χ0n) is 9.25. The van der Waals surface area contributed by atoms with Crippen molar-refractivity contribution in [2.45, 2.75) is 6.54 Å². The third-order valence-electron chi connectivity index (χ3n) is 2.43. The van der Waals surface area contributed by atoms with E-state index in [9.17, 15) is 4.79 Å². The monoisotopic (exact) mass is 280 g/mol. The lowest BCUT2D eigenvalue weighted by atomic mass is 9.96. The first-order valence-corrected chi connectivity index (χ1v) is 5.82. The Bertz CT molecular complexity index is 466. The Morgan fingerprint density at radius 3 is 2.88 bits per heavy atom. The molecule has 1 aromatic rings. The summed E-state index contributed by atoms with van der Waals surface area (Å²) in [5.74, 6) is -0.0145. The van der Waals surface area contributed by atoms with Gasteiger partial charge in [0.1, 0.15) is 0 Å². The van der Waals surface area contributed by atoms with Gasteiger partial charge >= 0.3 is 0 Å². The predicted octanol–water partition coefficient (Wildman–Crippen LogP) is 1.98. The molecule has 1 aliphatic rings. The topological polar surface area (TPSA) is 32.3 Å². The molecule has 1 aliphatic heterocycles. The summed E-state index contributed by atoms with van der Waals surface area (Å²) in [5.41, 5.74) is 2.87. The number of rotatable bonds is 1. The highest BCUT2D eigenvalue weighted by atomic mass is 79.9. The van der Waals surface area contributed by atoms with E-state index in [-0.39, 0.29) is 5.91 Å².